The third kappa shape index (κ3) is 7.81. The lowest BCUT2D eigenvalue weighted by Gasteiger charge is -2.18. The first kappa shape index (κ1) is 28.1. The molecule has 2 unspecified atom stereocenters. The third-order valence-electron chi connectivity index (χ3n) is 8.33. The van der Waals surface area contributed by atoms with E-state index in [-0.39, 0.29) is 0 Å². The first-order valence-corrected chi connectivity index (χ1v) is 15.1. The van der Waals surface area contributed by atoms with Gasteiger partial charge < -0.3 is 10.6 Å². The summed E-state index contributed by atoms with van der Waals surface area (Å²) in [7, 11) is 0. The molecule has 0 spiro atoms. The Morgan fingerprint density at radius 2 is 1.32 bits per heavy atom. The van der Waals surface area contributed by atoms with Crippen molar-refractivity contribution in [3.63, 3.8) is 0 Å². The first-order valence-electron chi connectivity index (χ1n) is 15.1. The maximum atomic E-state index is 3.69. The quantitative estimate of drug-likeness (QED) is 0.189. The van der Waals surface area contributed by atoms with Gasteiger partial charge in [-0.15, -0.1) is 0 Å². The van der Waals surface area contributed by atoms with Gasteiger partial charge in [0.15, 0.2) is 0 Å². The smallest absolute Gasteiger partial charge is 0.0294 e. The Hall–Kier alpha value is -3.46. The second kappa shape index (κ2) is 14.3. The van der Waals surface area contributed by atoms with Crippen LogP contribution in [-0.2, 0) is 0 Å². The molecule has 1 aliphatic carbocycles. The van der Waals surface area contributed by atoms with Crippen LogP contribution in [0.1, 0.15) is 74.7 Å². The summed E-state index contributed by atoms with van der Waals surface area (Å²) >= 11 is 0. The summed E-state index contributed by atoms with van der Waals surface area (Å²) in [5.74, 6) is 0.791. The van der Waals surface area contributed by atoms with Crippen LogP contribution in [-0.4, -0.2) is 13.1 Å². The van der Waals surface area contributed by atoms with Gasteiger partial charge >= 0.3 is 0 Å². The van der Waals surface area contributed by atoms with Gasteiger partial charge in [0.2, 0.25) is 0 Å². The second-order valence-electron chi connectivity index (χ2n) is 11.3. The van der Waals surface area contributed by atoms with Crippen molar-refractivity contribution in [1.29, 1.82) is 0 Å². The van der Waals surface area contributed by atoms with Crippen molar-refractivity contribution in [2.45, 2.75) is 58.0 Å². The highest BCUT2D eigenvalue weighted by Gasteiger charge is 2.10. The van der Waals surface area contributed by atoms with E-state index < -0.39 is 0 Å². The summed E-state index contributed by atoms with van der Waals surface area (Å²) < 4.78 is 0. The largest absolute Gasteiger partial charge is 0.307 e. The van der Waals surface area contributed by atoms with E-state index in [1.807, 2.05) is 0 Å². The maximum absolute atomic E-state index is 3.69. The summed E-state index contributed by atoms with van der Waals surface area (Å²) in [6, 6.07) is 33.7. The fourth-order valence-corrected chi connectivity index (χ4v) is 5.79. The van der Waals surface area contributed by atoms with Crippen LogP contribution in [0.4, 0.5) is 0 Å². The lowest BCUT2D eigenvalue weighted by atomic mass is 9.89. The van der Waals surface area contributed by atoms with E-state index in [4.69, 9.17) is 0 Å². The average molecular weight is 529 g/mol. The highest BCUT2D eigenvalue weighted by molar-refractivity contribution is 5.83. The van der Waals surface area contributed by atoms with Crippen LogP contribution in [0.25, 0.3) is 28.0 Å². The lowest BCUT2D eigenvalue weighted by molar-refractivity contribution is 0.418. The average Bonchev–Trinajstić information content (AvgIpc) is 3.01. The van der Waals surface area contributed by atoms with Crippen molar-refractivity contribution in [3.8, 4) is 11.1 Å². The van der Waals surface area contributed by atoms with Gasteiger partial charge in [-0.2, -0.15) is 0 Å². The standard InChI is InChI=1S/C38H44N2/c1-29(39-24-10-15-31-12-4-3-5-13-31)34-19-9-21-38(27-34)36-20-8-14-32(26-36)16-11-25-40-30(2)35-23-22-33-17-6-7-18-37(33)28-35/h6-11,14-23,26-31,39-40H,3-5,12-13,24-25H2,1-2H3. The maximum Gasteiger partial charge on any atom is 0.0294 e. The topological polar surface area (TPSA) is 24.1 Å². The fraction of sp³-hybridized carbons (Fsp3) is 0.316. The van der Waals surface area contributed by atoms with E-state index in [0.29, 0.717) is 12.1 Å². The normalized spacial score (nSPS) is 16.1. The Bertz CT molecular complexity index is 1430. The lowest BCUT2D eigenvalue weighted by Crippen LogP contribution is -2.18. The summed E-state index contributed by atoms with van der Waals surface area (Å²) in [6.07, 6.45) is 16.1. The minimum atomic E-state index is 0.293. The van der Waals surface area contributed by atoms with Gasteiger partial charge in [-0.25, -0.2) is 0 Å². The van der Waals surface area contributed by atoms with Gasteiger partial charge in [0.1, 0.15) is 0 Å². The van der Waals surface area contributed by atoms with Gasteiger partial charge in [0.25, 0.3) is 0 Å². The summed E-state index contributed by atoms with van der Waals surface area (Å²) in [5, 5.41) is 9.91. The number of benzene rings is 4. The summed E-state index contributed by atoms with van der Waals surface area (Å²) in [4.78, 5) is 0. The van der Waals surface area contributed by atoms with Crippen LogP contribution in [0.2, 0.25) is 0 Å². The zero-order chi connectivity index (χ0) is 27.6. The summed E-state index contributed by atoms with van der Waals surface area (Å²) in [6.45, 7) is 6.24. The number of hydrogen-bond donors (Lipinski definition) is 2. The molecule has 2 nitrogen and oxygen atoms in total. The predicted molar refractivity (Wildman–Crippen MR) is 173 cm³/mol. The van der Waals surface area contributed by atoms with Crippen molar-refractivity contribution < 1.29 is 0 Å². The molecule has 2 atom stereocenters. The van der Waals surface area contributed by atoms with Crippen LogP contribution in [0, 0.1) is 5.92 Å². The molecule has 206 valence electrons. The van der Waals surface area contributed by atoms with Crippen LogP contribution < -0.4 is 10.6 Å². The number of fused-ring (bicyclic) bond motifs is 1. The Balaban J connectivity index is 1.14. The Morgan fingerprint density at radius 1 is 0.650 bits per heavy atom. The highest BCUT2D eigenvalue weighted by Crippen LogP contribution is 2.26. The number of rotatable bonds is 11. The van der Waals surface area contributed by atoms with Crippen molar-refractivity contribution in [3.05, 3.63) is 126 Å². The van der Waals surface area contributed by atoms with Gasteiger partial charge in [0, 0.05) is 25.2 Å². The van der Waals surface area contributed by atoms with E-state index in [2.05, 4.69) is 140 Å². The molecule has 0 radical (unpaired) electrons. The molecule has 5 rings (SSSR count). The predicted octanol–water partition coefficient (Wildman–Crippen LogP) is 9.66. The number of allylic oxidation sites excluding steroid dienone is 1. The number of nitrogens with one attached hydrogen (secondary N) is 2. The molecular weight excluding hydrogens is 484 g/mol. The van der Waals surface area contributed by atoms with E-state index in [1.165, 1.54) is 70.7 Å². The Labute approximate surface area is 241 Å². The molecular formula is C38H44N2. The van der Waals surface area contributed by atoms with Gasteiger partial charge in [-0.1, -0.05) is 116 Å². The molecule has 1 aliphatic rings. The van der Waals surface area contributed by atoms with Crippen molar-refractivity contribution in [1.82, 2.24) is 10.6 Å². The zero-order valence-electron chi connectivity index (χ0n) is 24.2. The molecule has 0 heterocycles. The van der Waals surface area contributed by atoms with E-state index in [9.17, 15) is 0 Å². The van der Waals surface area contributed by atoms with Crippen LogP contribution in [0.3, 0.4) is 0 Å². The van der Waals surface area contributed by atoms with Crippen molar-refractivity contribution >= 4 is 16.8 Å². The van der Waals surface area contributed by atoms with E-state index in [0.717, 1.165) is 19.0 Å². The van der Waals surface area contributed by atoms with Crippen LogP contribution in [0.15, 0.2) is 109 Å². The molecule has 4 aromatic carbocycles. The van der Waals surface area contributed by atoms with Crippen molar-refractivity contribution in [2.24, 2.45) is 5.92 Å². The second-order valence-corrected chi connectivity index (χ2v) is 11.3. The van der Waals surface area contributed by atoms with Crippen LogP contribution >= 0.6 is 0 Å². The zero-order valence-corrected chi connectivity index (χ0v) is 24.2. The monoisotopic (exact) mass is 528 g/mol. The third-order valence-corrected chi connectivity index (χ3v) is 8.33. The SMILES string of the molecule is CC(NCC=CC1CCCCC1)c1cccc(-c2cccc(C=CCNC(C)c3ccc4ccccc4c3)c2)c1. The molecule has 0 aromatic heterocycles. The minimum Gasteiger partial charge on any atom is -0.307 e. The van der Waals surface area contributed by atoms with E-state index in [1.54, 1.807) is 0 Å². The molecule has 0 amide bonds. The molecule has 40 heavy (non-hydrogen) atoms. The Kier molecular flexibility index (Phi) is 10.0. The molecule has 0 bridgehead atoms. The highest BCUT2D eigenvalue weighted by atomic mass is 14.9. The van der Waals surface area contributed by atoms with Crippen molar-refractivity contribution in [2.75, 3.05) is 13.1 Å². The van der Waals surface area contributed by atoms with E-state index >= 15 is 0 Å². The first-order chi connectivity index (χ1) is 19.7. The van der Waals surface area contributed by atoms with Gasteiger partial charge in [-0.05, 0) is 89.4 Å². The fourth-order valence-electron chi connectivity index (χ4n) is 5.79. The van der Waals surface area contributed by atoms with Crippen LogP contribution in [0.5, 0.6) is 0 Å². The van der Waals surface area contributed by atoms with Gasteiger partial charge in [0.05, 0.1) is 0 Å². The molecule has 1 saturated carbocycles. The molecule has 0 saturated heterocycles. The number of hydrogen-bond acceptors (Lipinski definition) is 2. The molecule has 2 heteroatoms. The summed E-state index contributed by atoms with van der Waals surface area (Å²) in [5.41, 5.74) is 6.39. The molecule has 0 aliphatic heterocycles. The molecule has 2 N–H and O–H groups in total. The Morgan fingerprint density at radius 3 is 2.12 bits per heavy atom. The molecule has 1 fully saturated rings. The minimum absolute atomic E-state index is 0.293. The van der Waals surface area contributed by atoms with Gasteiger partial charge in [-0.3, -0.25) is 0 Å². The molecule has 4 aromatic rings.